The van der Waals surface area contributed by atoms with Crippen molar-refractivity contribution in [3.05, 3.63) is 54.1 Å². The molecule has 0 bridgehead atoms. The van der Waals surface area contributed by atoms with Gasteiger partial charge < -0.3 is 41.0 Å². The van der Waals surface area contributed by atoms with E-state index in [1.54, 1.807) is 6.07 Å². The fourth-order valence-electron chi connectivity index (χ4n) is 3.01. The molecule has 1 aromatic heterocycles. The molecule has 0 saturated carbocycles. The molecule has 0 amide bonds. The summed E-state index contributed by atoms with van der Waals surface area (Å²) < 4.78 is 11.0. The first-order valence-corrected chi connectivity index (χ1v) is 11.5. The van der Waals surface area contributed by atoms with E-state index in [0.29, 0.717) is 63.8 Å². The molecule has 35 heavy (non-hydrogen) atoms. The third-order valence-corrected chi connectivity index (χ3v) is 4.80. The van der Waals surface area contributed by atoms with Crippen LogP contribution in [0.3, 0.4) is 0 Å². The summed E-state index contributed by atoms with van der Waals surface area (Å²) in [6, 6.07) is 14.4. The molecule has 0 atom stereocenters. The summed E-state index contributed by atoms with van der Waals surface area (Å²) in [5, 5.41) is 31.7. The van der Waals surface area contributed by atoms with Gasteiger partial charge in [-0.3, -0.25) is 0 Å². The van der Waals surface area contributed by atoms with Crippen LogP contribution in [-0.2, 0) is 15.9 Å². The number of phenols is 2. The van der Waals surface area contributed by atoms with Crippen molar-refractivity contribution in [3.8, 4) is 11.5 Å². The van der Waals surface area contributed by atoms with Gasteiger partial charge in [-0.25, -0.2) is 0 Å². The van der Waals surface area contributed by atoms with E-state index in [9.17, 15) is 10.2 Å². The number of ether oxygens (including phenoxy) is 2. The molecule has 2 aromatic carbocycles. The predicted molar refractivity (Wildman–Crippen MR) is 136 cm³/mol. The molecule has 0 radical (unpaired) electrons. The number of rotatable bonds is 16. The second-order valence-corrected chi connectivity index (χ2v) is 7.55. The van der Waals surface area contributed by atoms with Crippen molar-refractivity contribution in [2.75, 3.05) is 69.1 Å². The maximum atomic E-state index is 9.67. The van der Waals surface area contributed by atoms with Crippen molar-refractivity contribution < 1.29 is 19.7 Å². The minimum atomic E-state index is -0.143. The van der Waals surface area contributed by atoms with Gasteiger partial charge in [-0.2, -0.15) is 15.0 Å². The zero-order chi connectivity index (χ0) is 24.7. The Bertz CT molecular complexity index is 1020. The van der Waals surface area contributed by atoms with Gasteiger partial charge >= 0.3 is 0 Å². The monoisotopic (exact) mass is 483 g/mol. The van der Waals surface area contributed by atoms with Crippen molar-refractivity contribution in [3.63, 3.8) is 0 Å². The summed E-state index contributed by atoms with van der Waals surface area (Å²) in [6.07, 6.45) is 0.605. The van der Waals surface area contributed by atoms with Gasteiger partial charge in [-0.15, -0.1) is 0 Å². The van der Waals surface area contributed by atoms with Crippen LogP contribution in [0, 0.1) is 0 Å². The molecule has 0 spiro atoms. The number of hydrogen-bond acceptors (Lipinski definition) is 11. The maximum Gasteiger partial charge on any atom is 0.233 e. The van der Waals surface area contributed by atoms with Crippen molar-refractivity contribution in [1.29, 1.82) is 0 Å². The standard InChI is InChI=1S/C24H33N7O4/c1-25-11-13-34-15-16-35-14-12-27-23-29-22(26-10-9-18-7-8-20(32)21(33)17-18)30-24(31-23)28-19-5-3-2-4-6-19/h2-8,17,25,32-33H,9-16H2,1H3,(H3,26,27,28,29,30,31). The van der Waals surface area contributed by atoms with Crippen molar-refractivity contribution >= 4 is 23.5 Å². The number of anilines is 4. The van der Waals surface area contributed by atoms with Crippen molar-refractivity contribution in [2.45, 2.75) is 6.42 Å². The van der Waals surface area contributed by atoms with Crippen LogP contribution >= 0.6 is 0 Å². The van der Waals surface area contributed by atoms with Gasteiger partial charge in [-0.1, -0.05) is 24.3 Å². The van der Waals surface area contributed by atoms with Gasteiger partial charge in [0.05, 0.1) is 26.4 Å². The molecule has 0 unspecified atom stereocenters. The lowest BCUT2D eigenvalue weighted by Crippen LogP contribution is -2.18. The van der Waals surface area contributed by atoms with E-state index in [0.717, 1.165) is 17.8 Å². The van der Waals surface area contributed by atoms with E-state index >= 15 is 0 Å². The van der Waals surface area contributed by atoms with E-state index in [2.05, 4.69) is 36.2 Å². The zero-order valence-electron chi connectivity index (χ0n) is 19.8. The van der Waals surface area contributed by atoms with Crippen LogP contribution in [0.2, 0.25) is 0 Å². The smallest absolute Gasteiger partial charge is 0.233 e. The Morgan fingerprint density at radius 3 is 2.06 bits per heavy atom. The summed E-state index contributed by atoms with van der Waals surface area (Å²) in [5.41, 5.74) is 1.73. The second-order valence-electron chi connectivity index (χ2n) is 7.55. The van der Waals surface area contributed by atoms with Crippen LogP contribution in [0.1, 0.15) is 5.56 Å². The molecule has 188 valence electrons. The topological polar surface area (TPSA) is 146 Å². The molecule has 0 aliphatic heterocycles. The highest BCUT2D eigenvalue weighted by Crippen LogP contribution is 2.25. The molecule has 0 fully saturated rings. The third-order valence-electron chi connectivity index (χ3n) is 4.80. The summed E-state index contributed by atoms with van der Waals surface area (Å²) >= 11 is 0. The highest BCUT2D eigenvalue weighted by molar-refractivity contribution is 5.55. The van der Waals surface area contributed by atoms with Crippen LogP contribution in [-0.4, -0.2) is 78.3 Å². The average molecular weight is 484 g/mol. The Labute approximate surface area is 205 Å². The summed E-state index contributed by atoms with van der Waals surface area (Å²) in [5.74, 6) is 0.934. The zero-order valence-corrected chi connectivity index (χ0v) is 19.8. The highest BCUT2D eigenvalue weighted by atomic mass is 16.5. The fraction of sp³-hybridized carbons (Fsp3) is 0.375. The van der Waals surface area contributed by atoms with Crippen LogP contribution in [0.25, 0.3) is 0 Å². The Hall–Kier alpha value is -3.67. The molecule has 6 N–H and O–H groups in total. The van der Waals surface area contributed by atoms with E-state index in [-0.39, 0.29) is 11.5 Å². The maximum absolute atomic E-state index is 9.67. The van der Waals surface area contributed by atoms with Gasteiger partial charge in [0.2, 0.25) is 17.8 Å². The number of aromatic hydroxyl groups is 2. The molecule has 0 saturated heterocycles. The Balaban J connectivity index is 1.54. The number of nitrogens with zero attached hydrogens (tertiary/aromatic N) is 3. The molecule has 11 nitrogen and oxygen atoms in total. The molecular weight excluding hydrogens is 450 g/mol. The lowest BCUT2D eigenvalue weighted by molar-refractivity contribution is 0.0531. The van der Waals surface area contributed by atoms with Gasteiger partial charge in [0.25, 0.3) is 0 Å². The first-order valence-electron chi connectivity index (χ1n) is 11.5. The number of nitrogens with one attached hydrogen (secondary N) is 4. The second kappa shape index (κ2) is 14.6. The molecular formula is C24H33N7O4. The first kappa shape index (κ1) is 25.9. The number of likely N-dealkylation sites (N-methyl/N-ethyl adjacent to an activating group) is 1. The summed E-state index contributed by atoms with van der Waals surface area (Å²) in [4.78, 5) is 13.4. The van der Waals surface area contributed by atoms with Crippen molar-refractivity contribution in [2.24, 2.45) is 0 Å². The lowest BCUT2D eigenvalue weighted by atomic mass is 10.1. The quantitative estimate of drug-likeness (QED) is 0.132. The van der Waals surface area contributed by atoms with E-state index in [1.807, 2.05) is 37.4 Å². The number of benzene rings is 2. The fourth-order valence-corrected chi connectivity index (χ4v) is 3.01. The predicted octanol–water partition coefficient (Wildman–Crippen LogP) is 2.35. The van der Waals surface area contributed by atoms with E-state index < -0.39 is 0 Å². The van der Waals surface area contributed by atoms with Crippen LogP contribution in [0.4, 0.5) is 23.5 Å². The van der Waals surface area contributed by atoms with Crippen LogP contribution < -0.4 is 21.3 Å². The van der Waals surface area contributed by atoms with Gasteiger partial charge in [0.15, 0.2) is 11.5 Å². The van der Waals surface area contributed by atoms with Gasteiger partial charge in [0.1, 0.15) is 0 Å². The molecule has 1 heterocycles. The Morgan fingerprint density at radius 2 is 1.37 bits per heavy atom. The van der Waals surface area contributed by atoms with Gasteiger partial charge in [0, 0.05) is 25.3 Å². The number of phenolic OH excluding ortho intramolecular Hbond substituents is 2. The highest BCUT2D eigenvalue weighted by Gasteiger charge is 2.08. The average Bonchev–Trinajstić information content (AvgIpc) is 2.86. The molecule has 3 aromatic rings. The SMILES string of the molecule is CNCCOCCOCCNc1nc(NCCc2ccc(O)c(O)c2)nc(Nc2ccccc2)n1. The minimum absolute atomic E-state index is 0.142. The lowest BCUT2D eigenvalue weighted by Gasteiger charge is -2.12. The minimum Gasteiger partial charge on any atom is -0.504 e. The van der Waals surface area contributed by atoms with E-state index in [4.69, 9.17) is 9.47 Å². The van der Waals surface area contributed by atoms with Crippen molar-refractivity contribution in [1.82, 2.24) is 20.3 Å². The normalized spacial score (nSPS) is 10.8. The molecule has 3 rings (SSSR count). The molecule has 0 aliphatic rings. The molecule has 11 heteroatoms. The number of aromatic nitrogens is 3. The van der Waals surface area contributed by atoms with Crippen LogP contribution in [0.15, 0.2) is 48.5 Å². The largest absolute Gasteiger partial charge is 0.504 e. The summed E-state index contributed by atoms with van der Waals surface area (Å²) in [6.45, 7) is 4.06. The van der Waals surface area contributed by atoms with E-state index in [1.165, 1.54) is 12.1 Å². The first-order chi connectivity index (χ1) is 17.1. The molecule has 0 aliphatic carbocycles. The third kappa shape index (κ3) is 9.61. The number of para-hydroxylation sites is 1. The Kier molecular flexibility index (Phi) is 10.8. The van der Waals surface area contributed by atoms with Gasteiger partial charge in [-0.05, 0) is 43.3 Å². The number of hydrogen-bond donors (Lipinski definition) is 6. The summed E-state index contributed by atoms with van der Waals surface area (Å²) in [7, 11) is 1.88. The Morgan fingerprint density at radius 1 is 0.714 bits per heavy atom. The van der Waals surface area contributed by atoms with Crippen LogP contribution in [0.5, 0.6) is 11.5 Å².